The Bertz CT molecular complexity index is 3970. The Labute approximate surface area is 408 Å². The van der Waals surface area contributed by atoms with E-state index in [4.69, 9.17) is 4.42 Å². The average Bonchev–Trinajstić information content (AvgIpc) is 4.03. The van der Waals surface area contributed by atoms with Crippen molar-refractivity contribution in [3.63, 3.8) is 0 Å². The third-order valence-electron chi connectivity index (χ3n) is 15.6. The summed E-state index contributed by atoms with van der Waals surface area (Å²) in [4.78, 5) is 2.51. The molecule has 2 aliphatic rings. The van der Waals surface area contributed by atoms with Crippen molar-refractivity contribution < 1.29 is 4.42 Å². The molecule has 12 aromatic rings. The van der Waals surface area contributed by atoms with E-state index < -0.39 is 5.41 Å². The normalized spacial score (nSPS) is 13.8. The van der Waals surface area contributed by atoms with Gasteiger partial charge in [0, 0.05) is 38.5 Å². The van der Waals surface area contributed by atoms with Crippen LogP contribution < -0.4 is 4.90 Å². The Morgan fingerprint density at radius 3 is 1.54 bits per heavy atom. The molecule has 0 saturated carbocycles. The van der Waals surface area contributed by atoms with E-state index in [-0.39, 0.29) is 5.41 Å². The van der Waals surface area contributed by atoms with E-state index in [0.717, 1.165) is 60.9 Å². The van der Waals surface area contributed by atoms with Gasteiger partial charge >= 0.3 is 0 Å². The van der Waals surface area contributed by atoms with E-state index in [0.29, 0.717) is 0 Å². The molecule has 2 nitrogen and oxygen atoms in total. The van der Waals surface area contributed by atoms with Gasteiger partial charge in [-0.2, -0.15) is 0 Å². The number of hydrogen-bond acceptors (Lipinski definition) is 2. The molecule has 0 aliphatic heterocycles. The highest BCUT2D eigenvalue weighted by Gasteiger charge is 2.46. The van der Waals surface area contributed by atoms with E-state index in [1.165, 1.54) is 66.8 Å². The highest BCUT2D eigenvalue weighted by atomic mass is 16.3. The minimum atomic E-state index is -0.572. The first-order valence-corrected chi connectivity index (χ1v) is 24.4. The molecule has 0 fully saturated rings. The molecule has 1 heterocycles. The zero-order chi connectivity index (χ0) is 46.6. The lowest BCUT2D eigenvalue weighted by Crippen LogP contribution is -2.28. The fourth-order valence-electron chi connectivity index (χ4n) is 12.3. The molecule has 0 amide bonds. The molecule has 0 spiro atoms. The van der Waals surface area contributed by atoms with Crippen LogP contribution in [0, 0.1) is 0 Å². The molecule has 0 N–H and O–H groups in total. The second-order valence-electron chi connectivity index (χ2n) is 19.5. The van der Waals surface area contributed by atoms with Crippen LogP contribution in [0.5, 0.6) is 0 Å². The first-order chi connectivity index (χ1) is 34.5. The van der Waals surface area contributed by atoms with Gasteiger partial charge in [0.15, 0.2) is 0 Å². The first kappa shape index (κ1) is 40.4. The molecule has 330 valence electrons. The van der Waals surface area contributed by atoms with Crippen molar-refractivity contribution in [1.29, 1.82) is 0 Å². The largest absolute Gasteiger partial charge is 0.455 e. The van der Waals surface area contributed by atoms with E-state index in [1.54, 1.807) is 0 Å². The van der Waals surface area contributed by atoms with Gasteiger partial charge in [-0.1, -0.05) is 220 Å². The summed E-state index contributed by atoms with van der Waals surface area (Å²) in [6, 6.07) is 91.8. The standard InChI is InChI=1S/C68H47NO/c1-67(2)59-28-16-14-26-53(59)55-38-35-50(42-61(55)67)69(51-36-39-56-54-27-15-17-29-60(54)68(62(56)43-51,48-21-8-4-9-22-48)49-23-10-5-11-24-49)63-41-40-58-57-37-34-46-20-12-13-25-52(46)65(57)70-66(58)64(63)47-32-30-45(31-33-47)44-18-6-3-7-19-44/h3-43H,1-2H3. The van der Waals surface area contributed by atoms with Crippen LogP contribution in [-0.2, 0) is 10.8 Å². The third kappa shape index (κ3) is 5.80. The molecule has 0 bridgehead atoms. The lowest BCUT2D eigenvalue weighted by Gasteiger charge is -2.35. The molecule has 2 aliphatic carbocycles. The predicted octanol–water partition coefficient (Wildman–Crippen LogP) is 18.2. The predicted molar refractivity (Wildman–Crippen MR) is 292 cm³/mol. The summed E-state index contributed by atoms with van der Waals surface area (Å²) in [7, 11) is 0. The molecule has 70 heavy (non-hydrogen) atoms. The number of nitrogens with zero attached hydrogens (tertiary/aromatic N) is 1. The van der Waals surface area contributed by atoms with Gasteiger partial charge in [-0.25, -0.2) is 0 Å². The number of fused-ring (bicyclic) bond motifs is 11. The Balaban J connectivity index is 1.08. The lowest BCUT2D eigenvalue weighted by molar-refractivity contribution is 0.660. The maximum absolute atomic E-state index is 7.32. The summed E-state index contributed by atoms with van der Waals surface area (Å²) in [6.45, 7) is 4.74. The highest BCUT2D eigenvalue weighted by Crippen LogP contribution is 2.58. The fourth-order valence-corrected chi connectivity index (χ4v) is 12.3. The maximum atomic E-state index is 7.32. The van der Waals surface area contributed by atoms with Crippen LogP contribution >= 0.6 is 0 Å². The zero-order valence-electron chi connectivity index (χ0n) is 39.0. The van der Waals surface area contributed by atoms with E-state index in [9.17, 15) is 0 Å². The van der Waals surface area contributed by atoms with Gasteiger partial charge in [0.05, 0.1) is 11.1 Å². The van der Waals surface area contributed by atoms with Crippen LogP contribution in [0.1, 0.15) is 47.2 Å². The highest BCUT2D eigenvalue weighted by molar-refractivity contribution is 6.19. The number of benzene rings is 11. The summed E-state index contributed by atoms with van der Waals surface area (Å²) < 4.78 is 7.32. The quantitative estimate of drug-likeness (QED) is 0.158. The number of hydrogen-bond donors (Lipinski definition) is 0. The summed E-state index contributed by atoms with van der Waals surface area (Å²) in [6.07, 6.45) is 0. The van der Waals surface area contributed by atoms with Gasteiger partial charge < -0.3 is 9.32 Å². The molecule has 1 aromatic heterocycles. The van der Waals surface area contributed by atoms with E-state index in [2.05, 4.69) is 267 Å². The minimum Gasteiger partial charge on any atom is -0.455 e. The Hall–Kier alpha value is -8.72. The van der Waals surface area contributed by atoms with Crippen molar-refractivity contribution in [3.05, 3.63) is 282 Å². The second kappa shape index (κ2) is 15.4. The maximum Gasteiger partial charge on any atom is 0.145 e. The zero-order valence-corrected chi connectivity index (χ0v) is 39.0. The first-order valence-electron chi connectivity index (χ1n) is 24.4. The molecule has 0 atom stereocenters. The summed E-state index contributed by atoms with van der Waals surface area (Å²) in [5, 5.41) is 4.47. The Morgan fingerprint density at radius 2 is 0.843 bits per heavy atom. The van der Waals surface area contributed by atoms with E-state index in [1.807, 2.05) is 0 Å². The van der Waals surface area contributed by atoms with Crippen molar-refractivity contribution in [3.8, 4) is 44.5 Å². The SMILES string of the molecule is CC1(C)c2ccccc2-c2ccc(N(c3ccc4c(c3)C(c3ccccc3)(c3ccccc3)c3ccccc3-4)c3ccc4c(oc5c6ccccc6ccc45)c3-c3ccc(-c4ccccc4)cc3)cc21. The lowest BCUT2D eigenvalue weighted by atomic mass is 9.67. The molecule has 11 aromatic carbocycles. The van der Waals surface area contributed by atoms with Crippen LogP contribution in [0.25, 0.3) is 77.2 Å². The van der Waals surface area contributed by atoms with Crippen molar-refractivity contribution in [1.82, 2.24) is 0 Å². The second-order valence-corrected chi connectivity index (χ2v) is 19.5. The van der Waals surface area contributed by atoms with Gasteiger partial charge in [-0.15, -0.1) is 0 Å². The van der Waals surface area contributed by atoms with Gasteiger partial charge in [-0.05, 0) is 120 Å². The molecular weight excluding hydrogens is 847 g/mol. The third-order valence-corrected chi connectivity index (χ3v) is 15.6. The van der Waals surface area contributed by atoms with Gasteiger partial charge in [0.2, 0.25) is 0 Å². The minimum absolute atomic E-state index is 0.206. The molecule has 2 heteroatoms. The monoisotopic (exact) mass is 893 g/mol. The molecule has 0 unspecified atom stereocenters. The van der Waals surface area contributed by atoms with Crippen molar-refractivity contribution in [2.45, 2.75) is 24.7 Å². The fraction of sp³-hybridized carbons (Fsp3) is 0.0588. The van der Waals surface area contributed by atoms with Crippen LogP contribution in [0.3, 0.4) is 0 Å². The van der Waals surface area contributed by atoms with Crippen LogP contribution in [0.4, 0.5) is 17.1 Å². The number of furan rings is 1. The molecular formula is C68H47NO. The Morgan fingerprint density at radius 1 is 0.343 bits per heavy atom. The van der Waals surface area contributed by atoms with Crippen LogP contribution in [0.2, 0.25) is 0 Å². The molecule has 0 radical (unpaired) electrons. The van der Waals surface area contributed by atoms with Crippen molar-refractivity contribution >= 4 is 49.8 Å². The molecule has 0 saturated heterocycles. The van der Waals surface area contributed by atoms with Gasteiger partial charge in [0.25, 0.3) is 0 Å². The van der Waals surface area contributed by atoms with E-state index >= 15 is 0 Å². The topological polar surface area (TPSA) is 16.4 Å². The van der Waals surface area contributed by atoms with Gasteiger partial charge in [0.1, 0.15) is 11.2 Å². The van der Waals surface area contributed by atoms with Crippen molar-refractivity contribution in [2.24, 2.45) is 0 Å². The number of anilines is 3. The smallest absolute Gasteiger partial charge is 0.145 e. The Kier molecular flexibility index (Phi) is 8.88. The summed E-state index contributed by atoms with van der Waals surface area (Å²) in [5.41, 5.74) is 21.5. The van der Waals surface area contributed by atoms with Crippen LogP contribution in [-0.4, -0.2) is 0 Å². The molecule has 14 rings (SSSR count). The summed E-state index contributed by atoms with van der Waals surface area (Å²) >= 11 is 0. The van der Waals surface area contributed by atoms with Gasteiger partial charge in [-0.3, -0.25) is 0 Å². The number of rotatable bonds is 7. The summed E-state index contributed by atoms with van der Waals surface area (Å²) in [5.74, 6) is 0. The van der Waals surface area contributed by atoms with Crippen LogP contribution in [0.15, 0.2) is 253 Å². The van der Waals surface area contributed by atoms with Crippen molar-refractivity contribution in [2.75, 3.05) is 4.90 Å². The average molecular weight is 894 g/mol.